The molecule has 3 rings (SSSR count). The van der Waals surface area contributed by atoms with Gasteiger partial charge in [-0.15, -0.1) is 0 Å². The van der Waals surface area contributed by atoms with Gasteiger partial charge in [-0.3, -0.25) is 0 Å². The fourth-order valence-electron chi connectivity index (χ4n) is 1.98. The molecule has 1 aromatic carbocycles. The number of fused-ring (bicyclic) bond motifs is 2. The number of rotatable bonds is 2. The van der Waals surface area contributed by atoms with Crippen LogP contribution in [0.4, 0.5) is 0 Å². The summed E-state index contributed by atoms with van der Waals surface area (Å²) in [6, 6.07) is 3.85. The number of furan rings is 2. The van der Waals surface area contributed by atoms with Crippen molar-refractivity contribution in [3.05, 3.63) is 40.8 Å². The third-order valence-corrected chi connectivity index (χ3v) is 3.51. The van der Waals surface area contributed by atoms with Gasteiger partial charge >= 0.3 is 0 Å². The van der Waals surface area contributed by atoms with Crippen LogP contribution in [0.3, 0.4) is 0 Å². The topological polar surface area (TPSA) is 52.3 Å². The minimum Gasteiger partial charge on any atom is -0.464 e. The molecule has 0 bridgehead atoms. The average Bonchev–Trinajstić information content (AvgIpc) is 2.97. The van der Waals surface area contributed by atoms with E-state index in [1.54, 1.807) is 12.5 Å². The summed E-state index contributed by atoms with van der Waals surface area (Å²) in [6.07, 6.45) is 7.22. The van der Waals surface area contributed by atoms with E-state index in [4.69, 9.17) is 14.6 Å². The Balaban J connectivity index is 2.48. The lowest BCUT2D eigenvalue weighted by molar-refractivity contribution is 0.610. The molecule has 2 heterocycles. The van der Waals surface area contributed by atoms with Gasteiger partial charge in [0.2, 0.25) is 0 Å². The molecule has 0 spiro atoms. The van der Waals surface area contributed by atoms with Gasteiger partial charge in [-0.1, -0.05) is 12.2 Å². The van der Waals surface area contributed by atoms with Crippen LogP contribution in [0, 0.1) is 0 Å². The second-order valence-electron chi connectivity index (χ2n) is 3.69. The monoisotopic (exact) mass is 291 g/mol. The molecule has 0 unspecified atom stereocenters. The maximum atomic E-state index is 5.54. The highest BCUT2D eigenvalue weighted by Gasteiger charge is 2.15. The van der Waals surface area contributed by atoms with E-state index in [1.165, 1.54) is 0 Å². The van der Waals surface area contributed by atoms with Gasteiger partial charge in [0.25, 0.3) is 0 Å². The quantitative estimate of drug-likeness (QED) is 0.779. The smallest absolute Gasteiger partial charge is 0.149 e. The van der Waals surface area contributed by atoms with Crippen LogP contribution in [0.25, 0.3) is 28.0 Å². The van der Waals surface area contributed by atoms with Gasteiger partial charge in [-0.25, -0.2) is 0 Å². The zero-order valence-electron chi connectivity index (χ0n) is 8.94. The second-order valence-corrected chi connectivity index (χ2v) is 4.49. The molecule has 0 saturated carbocycles. The number of hydrogen-bond acceptors (Lipinski definition) is 3. The fraction of sp³-hybridized carbons (Fsp3) is 0.0769. The SMILES string of the molecule is NC/C=C/c1c2ccoc2c(Br)c2ccoc12. The molecule has 2 aromatic heterocycles. The average molecular weight is 292 g/mol. The summed E-state index contributed by atoms with van der Waals surface area (Å²) >= 11 is 3.54. The minimum atomic E-state index is 0.498. The maximum absolute atomic E-state index is 5.54. The van der Waals surface area contributed by atoms with E-state index < -0.39 is 0 Å². The van der Waals surface area contributed by atoms with Gasteiger partial charge in [-0.2, -0.15) is 0 Å². The summed E-state index contributed by atoms with van der Waals surface area (Å²) in [5, 5.41) is 2.02. The fourth-order valence-corrected chi connectivity index (χ4v) is 2.60. The first kappa shape index (κ1) is 10.6. The standard InChI is InChI=1S/C13H10BrNO2/c14-11-10-4-7-16-12(10)8(2-1-5-15)9-3-6-17-13(9)11/h1-4,6-7H,5,15H2/b2-1+. The highest BCUT2D eigenvalue weighted by atomic mass is 79.9. The summed E-state index contributed by atoms with van der Waals surface area (Å²) < 4.78 is 12.0. The number of hydrogen-bond donors (Lipinski definition) is 1. The number of benzene rings is 1. The maximum Gasteiger partial charge on any atom is 0.149 e. The Bertz CT molecular complexity index is 657. The van der Waals surface area contributed by atoms with Crippen molar-refractivity contribution in [2.45, 2.75) is 0 Å². The Labute approximate surface area is 106 Å². The van der Waals surface area contributed by atoms with Gasteiger partial charge in [0, 0.05) is 22.9 Å². The van der Waals surface area contributed by atoms with Crippen LogP contribution in [-0.4, -0.2) is 6.54 Å². The predicted molar refractivity (Wildman–Crippen MR) is 71.8 cm³/mol. The summed E-state index contributed by atoms with van der Waals surface area (Å²) in [5.41, 5.74) is 8.17. The lowest BCUT2D eigenvalue weighted by Crippen LogP contribution is -1.92. The van der Waals surface area contributed by atoms with Crippen LogP contribution < -0.4 is 5.73 Å². The summed E-state index contributed by atoms with van der Waals surface area (Å²) in [5.74, 6) is 0. The van der Waals surface area contributed by atoms with Crippen LogP contribution in [0.1, 0.15) is 5.56 Å². The van der Waals surface area contributed by atoms with Crippen molar-refractivity contribution in [3.63, 3.8) is 0 Å². The lowest BCUT2D eigenvalue weighted by atomic mass is 10.1. The lowest BCUT2D eigenvalue weighted by Gasteiger charge is -2.01. The van der Waals surface area contributed by atoms with E-state index in [9.17, 15) is 0 Å². The molecule has 4 heteroatoms. The van der Waals surface area contributed by atoms with Gasteiger partial charge in [-0.05, 0) is 28.1 Å². The van der Waals surface area contributed by atoms with Crippen molar-refractivity contribution >= 4 is 43.9 Å². The third kappa shape index (κ3) is 1.52. The van der Waals surface area contributed by atoms with Gasteiger partial charge in [0.05, 0.1) is 17.0 Å². The van der Waals surface area contributed by atoms with Crippen molar-refractivity contribution in [2.75, 3.05) is 6.54 Å². The summed E-state index contributed by atoms with van der Waals surface area (Å²) in [7, 11) is 0. The van der Waals surface area contributed by atoms with Gasteiger partial charge < -0.3 is 14.6 Å². The van der Waals surface area contributed by atoms with Crippen molar-refractivity contribution in [2.24, 2.45) is 5.73 Å². The van der Waals surface area contributed by atoms with E-state index in [1.807, 2.05) is 24.3 Å². The highest BCUT2D eigenvalue weighted by molar-refractivity contribution is 9.10. The third-order valence-electron chi connectivity index (χ3n) is 2.72. The molecule has 0 radical (unpaired) electrons. The predicted octanol–water partition coefficient (Wildman–Crippen LogP) is 3.91. The van der Waals surface area contributed by atoms with Crippen molar-refractivity contribution in [1.29, 1.82) is 0 Å². The Morgan fingerprint density at radius 2 is 1.82 bits per heavy atom. The molecule has 0 amide bonds. The largest absolute Gasteiger partial charge is 0.464 e. The molecule has 0 aliphatic rings. The van der Waals surface area contributed by atoms with E-state index in [-0.39, 0.29) is 0 Å². The van der Waals surface area contributed by atoms with Crippen molar-refractivity contribution in [1.82, 2.24) is 0 Å². The van der Waals surface area contributed by atoms with Crippen LogP contribution in [0.15, 0.2) is 44.0 Å². The second kappa shape index (κ2) is 4.05. The molecule has 2 N–H and O–H groups in total. The highest BCUT2D eigenvalue weighted by Crippen LogP contribution is 2.38. The number of halogens is 1. The molecule has 3 aromatic rings. The Morgan fingerprint density at radius 3 is 2.59 bits per heavy atom. The first-order chi connectivity index (χ1) is 8.33. The van der Waals surface area contributed by atoms with Gasteiger partial charge in [0.15, 0.2) is 0 Å². The molecular formula is C13H10BrNO2. The van der Waals surface area contributed by atoms with E-state index in [0.717, 1.165) is 32.0 Å². The first-order valence-electron chi connectivity index (χ1n) is 5.25. The zero-order valence-corrected chi connectivity index (χ0v) is 10.5. The number of nitrogens with two attached hydrogens (primary N) is 1. The molecule has 0 aliphatic heterocycles. The Kier molecular flexibility index (Phi) is 2.53. The van der Waals surface area contributed by atoms with Crippen LogP contribution in [0.2, 0.25) is 0 Å². The molecule has 86 valence electrons. The molecular weight excluding hydrogens is 282 g/mol. The van der Waals surface area contributed by atoms with E-state index >= 15 is 0 Å². The van der Waals surface area contributed by atoms with Crippen LogP contribution in [-0.2, 0) is 0 Å². The molecule has 0 atom stereocenters. The molecule has 3 nitrogen and oxygen atoms in total. The summed E-state index contributed by atoms with van der Waals surface area (Å²) in [4.78, 5) is 0. The van der Waals surface area contributed by atoms with Crippen molar-refractivity contribution in [3.8, 4) is 0 Å². The summed E-state index contributed by atoms with van der Waals surface area (Å²) in [6.45, 7) is 0.498. The molecule has 0 fully saturated rings. The van der Waals surface area contributed by atoms with E-state index in [0.29, 0.717) is 6.54 Å². The van der Waals surface area contributed by atoms with Gasteiger partial charge in [0.1, 0.15) is 11.2 Å². The van der Waals surface area contributed by atoms with Crippen molar-refractivity contribution < 1.29 is 8.83 Å². The minimum absolute atomic E-state index is 0.498. The normalized spacial score (nSPS) is 12.1. The molecule has 0 saturated heterocycles. The molecule has 17 heavy (non-hydrogen) atoms. The Morgan fingerprint density at radius 1 is 1.12 bits per heavy atom. The zero-order chi connectivity index (χ0) is 11.8. The van der Waals surface area contributed by atoms with Crippen LogP contribution in [0.5, 0.6) is 0 Å². The van der Waals surface area contributed by atoms with Crippen LogP contribution >= 0.6 is 15.9 Å². The first-order valence-corrected chi connectivity index (χ1v) is 6.04. The molecule has 0 aliphatic carbocycles. The Hall–Kier alpha value is -1.52. The van der Waals surface area contributed by atoms with E-state index in [2.05, 4.69) is 15.9 Å².